The molecule has 0 aliphatic carbocycles. The number of nitrogens with two attached hydrogens (primary N) is 2. The molecule has 0 aliphatic rings. The predicted octanol–water partition coefficient (Wildman–Crippen LogP) is -0.932. The molecule has 6 N–H and O–H groups in total. The number of nitrogens with one attached hydrogen (secondary N) is 2. The monoisotopic (exact) mass is 201 g/mol. The van der Waals surface area contributed by atoms with Crippen LogP contribution in [0.4, 0.5) is 0 Å². The molecule has 14 heavy (non-hydrogen) atoms. The number of carbonyl (C=O) groups excluding carboxylic acids is 1. The maximum absolute atomic E-state index is 11.5. The molecule has 0 radical (unpaired) electrons. The highest BCUT2D eigenvalue weighted by Gasteiger charge is 2.18. The summed E-state index contributed by atoms with van der Waals surface area (Å²) in [7, 11) is 0. The molecular weight excluding hydrogens is 182 g/mol. The van der Waals surface area contributed by atoms with Gasteiger partial charge in [0.25, 0.3) is 0 Å². The van der Waals surface area contributed by atoms with Gasteiger partial charge in [0, 0.05) is 5.54 Å². The molecule has 0 rings (SSSR count). The molecule has 0 aromatic rings. The SMILES string of the molecule is CC(N=C(N)NN)C(=O)NC(C)(C)C. The number of hydrogen-bond acceptors (Lipinski definition) is 3. The van der Waals surface area contributed by atoms with Crippen LogP contribution in [0.1, 0.15) is 27.7 Å². The number of rotatable bonds is 2. The zero-order valence-corrected chi connectivity index (χ0v) is 9.09. The molecule has 0 saturated carbocycles. The van der Waals surface area contributed by atoms with E-state index in [9.17, 15) is 4.79 Å². The van der Waals surface area contributed by atoms with Gasteiger partial charge >= 0.3 is 0 Å². The van der Waals surface area contributed by atoms with Crippen LogP contribution >= 0.6 is 0 Å². The first-order chi connectivity index (χ1) is 6.26. The second kappa shape index (κ2) is 4.80. The van der Waals surface area contributed by atoms with Gasteiger partial charge in [-0.2, -0.15) is 0 Å². The summed E-state index contributed by atoms with van der Waals surface area (Å²) in [6, 6.07) is -0.551. The minimum absolute atomic E-state index is 0.0431. The topological polar surface area (TPSA) is 106 Å². The van der Waals surface area contributed by atoms with Gasteiger partial charge in [-0.1, -0.05) is 0 Å². The van der Waals surface area contributed by atoms with Crippen molar-refractivity contribution in [1.82, 2.24) is 10.7 Å². The van der Waals surface area contributed by atoms with Gasteiger partial charge in [-0.25, -0.2) is 10.8 Å². The normalized spacial score (nSPS) is 14.8. The van der Waals surface area contributed by atoms with Gasteiger partial charge in [-0.15, -0.1) is 0 Å². The van der Waals surface area contributed by atoms with Gasteiger partial charge in [0.05, 0.1) is 0 Å². The van der Waals surface area contributed by atoms with Crippen molar-refractivity contribution in [2.24, 2.45) is 16.6 Å². The van der Waals surface area contributed by atoms with Crippen molar-refractivity contribution >= 4 is 11.9 Å². The molecule has 0 heterocycles. The van der Waals surface area contributed by atoms with Crippen molar-refractivity contribution in [3.63, 3.8) is 0 Å². The minimum Gasteiger partial charge on any atom is -0.369 e. The fraction of sp³-hybridized carbons (Fsp3) is 0.750. The summed E-state index contributed by atoms with van der Waals surface area (Å²) in [5.41, 5.74) is 7.20. The van der Waals surface area contributed by atoms with Crippen LogP contribution in [-0.2, 0) is 4.79 Å². The largest absolute Gasteiger partial charge is 0.369 e. The molecule has 6 heteroatoms. The van der Waals surface area contributed by atoms with Crippen molar-refractivity contribution in [2.45, 2.75) is 39.3 Å². The van der Waals surface area contributed by atoms with Crippen LogP contribution < -0.4 is 22.3 Å². The van der Waals surface area contributed by atoms with E-state index in [2.05, 4.69) is 15.7 Å². The van der Waals surface area contributed by atoms with Gasteiger partial charge in [-0.3, -0.25) is 10.2 Å². The first-order valence-corrected chi connectivity index (χ1v) is 4.38. The first-order valence-electron chi connectivity index (χ1n) is 4.38. The molecule has 0 spiro atoms. The Labute approximate surface area is 84.1 Å². The van der Waals surface area contributed by atoms with Gasteiger partial charge < -0.3 is 11.1 Å². The number of amides is 1. The van der Waals surface area contributed by atoms with Gasteiger partial charge in [0.1, 0.15) is 6.04 Å². The average molecular weight is 201 g/mol. The van der Waals surface area contributed by atoms with Crippen LogP contribution in [0.5, 0.6) is 0 Å². The summed E-state index contributed by atoms with van der Waals surface area (Å²) in [6.45, 7) is 7.33. The van der Waals surface area contributed by atoms with Crippen molar-refractivity contribution in [2.75, 3.05) is 0 Å². The van der Waals surface area contributed by atoms with E-state index in [0.717, 1.165) is 0 Å². The van der Waals surface area contributed by atoms with Crippen LogP contribution in [0.15, 0.2) is 4.99 Å². The van der Waals surface area contributed by atoms with Crippen molar-refractivity contribution in [3.05, 3.63) is 0 Å². The molecule has 1 amide bonds. The summed E-state index contributed by atoms with van der Waals surface area (Å²) in [5, 5.41) is 2.78. The molecule has 82 valence electrons. The van der Waals surface area contributed by atoms with E-state index < -0.39 is 6.04 Å². The van der Waals surface area contributed by atoms with E-state index in [-0.39, 0.29) is 17.4 Å². The van der Waals surface area contributed by atoms with Crippen LogP contribution in [-0.4, -0.2) is 23.4 Å². The lowest BCUT2D eigenvalue weighted by molar-refractivity contribution is -0.123. The van der Waals surface area contributed by atoms with Gasteiger partial charge in [0.2, 0.25) is 11.9 Å². The number of guanidine groups is 1. The zero-order valence-electron chi connectivity index (χ0n) is 9.09. The number of aliphatic imine (C=N–C) groups is 1. The quantitative estimate of drug-likeness (QED) is 0.200. The highest BCUT2D eigenvalue weighted by Crippen LogP contribution is 2.00. The van der Waals surface area contributed by atoms with E-state index in [4.69, 9.17) is 11.6 Å². The first kappa shape index (κ1) is 12.7. The Morgan fingerprint density at radius 2 is 1.93 bits per heavy atom. The van der Waals surface area contributed by atoms with Crippen molar-refractivity contribution in [3.8, 4) is 0 Å². The van der Waals surface area contributed by atoms with E-state index in [1.54, 1.807) is 6.92 Å². The van der Waals surface area contributed by atoms with Crippen LogP contribution in [0.3, 0.4) is 0 Å². The molecule has 6 nitrogen and oxygen atoms in total. The number of nitrogens with zero attached hydrogens (tertiary/aromatic N) is 1. The second-order valence-electron chi connectivity index (χ2n) is 4.07. The molecule has 0 aromatic carbocycles. The van der Waals surface area contributed by atoms with Crippen molar-refractivity contribution in [1.29, 1.82) is 0 Å². The number of hydrogen-bond donors (Lipinski definition) is 4. The molecule has 0 bridgehead atoms. The fourth-order valence-electron chi connectivity index (χ4n) is 0.779. The summed E-state index contributed by atoms with van der Waals surface area (Å²) < 4.78 is 0. The zero-order chi connectivity index (χ0) is 11.4. The molecular formula is C8H19N5O. The van der Waals surface area contributed by atoms with Gasteiger partial charge in [-0.05, 0) is 27.7 Å². The van der Waals surface area contributed by atoms with Crippen molar-refractivity contribution < 1.29 is 4.79 Å². The highest BCUT2D eigenvalue weighted by atomic mass is 16.2. The Hall–Kier alpha value is -1.30. The molecule has 1 atom stereocenters. The van der Waals surface area contributed by atoms with E-state index >= 15 is 0 Å². The van der Waals surface area contributed by atoms with E-state index in [1.165, 1.54) is 0 Å². The Kier molecular flexibility index (Phi) is 4.36. The lowest BCUT2D eigenvalue weighted by Crippen LogP contribution is -2.46. The average Bonchev–Trinajstić information content (AvgIpc) is 2.00. The third kappa shape index (κ3) is 5.36. The lowest BCUT2D eigenvalue weighted by Gasteiger charge is -2.21. The number of hydrazine groups is 1. The third-order valence-electron chi connectivity index (χ3n) is 1.36. The Morgan fingerprint density at radius 1 is 1.43 bits per heavy atom. The molecule has 0 aromatic heterocycles. The summed E-state index contributed by atoms with van der Waals surface area (Å²) in [5.74, 6) is 4.87. The Balaban J connectivity index is 4.27. The van der Waals surface area contributed by atoms with E-state index in [0.29, 0.717) is 0 Å². The van der Waals surface area contributed by atoms with Gasteiger partial charge in [0.15, 0.2) is 0 Å². The number of carbonyl (C=O) groups is 1. The van der Waals surface area contributed by atoms with Crippen LogP contribution in [0, 0.1) is 0 Å². The second-order valence-corrected chi connectivity index (χ2v) is 4.07. The summed E-state index contributed by atoms with van der Waals surface area (Å²) in [6.07, 6.45) is 0. The Morgan fingerprint density at radius 3 is 2.29 bits per heavy atom. The molecule has 0 saturated heterocycles. The predicted molar refractivity (Wildman–Crippen MR) is 56.3 cm³/mol. The minimum atomic E-state index is -0.551. The standard InChI is InChI=1S/C8H19N5O/c1-5(11-7(9)13-10)6(14)12-8(2,3)4/h5H,10H2,1-4H3,(H,12,14)(H3,9,11,13). The van der Waals surface area contributed by atoms with Crippen LogP contribution in [0.25, 0.3) is 0 Å². The Bertz CT molecular complexity index is 230. The smallest absolute Gasteiger partial charge is 0.245 e. The molecule has 0 fully saturated rings. The molecule has 0 aliphatic heterocycles. The van der Waals surface area contributed by atoms with Crippen LogP contribution in [0.2, 0.25) is 0 Å². The summed E-state index contributed by atoms with van der Waals surface area (Å²) in [4.78, 5) is 15.3. The molecule has 1 unspecified atom stereocenters. The van der Waals surface area contributed by atoms with E-state index in [1.807, 2.05) is 20.8 Å². The summed E-state index contributed by atoms with van der Waals surface area (Å²) >= 11 is 0. The lowest BCUT2D eigenvalue weighted by atomic mass is 10.1. The highest BCUT2D eigenvalue weighted by molar-refractivity contribution is 5.86. The fourth-order valence-corrected chi connectivity index (χ4v) is 0.779. The third-order valence-corrected chi connectivity index (χ3v) is 1.36. The maximum Gasteiger partial charge on any atom is 0.245 e. The maximum atomic E-state index is 11.5.